The number of thiazole rings is 1. The molecule has 0 atom stereocenters. The average molecular weight is 482 g/mol. The van der Waals surface area contributed by atoms with Crippen LogP contribution in [0.2, 0.25) is 0 Å². The number of fused-ring (bicyclic) bond motifs is 3. The van der Waals surface area contributed by atoms with Crippen molar-refractivity contribution in [1.29, 1.82) is 0 Å². The van der Waals surface area contributed by atoms with Crippen LogP contribution in [0.1, 0.15) is 5.56 Å². The van der Waals surface area contributed by atoms with Crippen molar-refractivity contribution in [3.63, 3.8) is 0 Å². The largest absolute Gasteiger partial charge is 0.503 e. The molecule has 25 heavy (non-hydrogen) atoms. The van der Waals surface area contributed by atoms with Gasteiger partial charge < -0.3 is 9.84 Å². The Bertz CT molecular complexity index is 1250. The van der Waals surface area contributed by atoms with E-state index >= 15 is 0 Å². The third kappa shape index (κ3) is 2.56. The zero-order valence-corrected chi connectivity index (χ0v) is 16.8. The second-order valence-electron chi connectivity index (χ2n) is 5.28. The summed E-state index contributed by atoms with van der Waals surface area (Å²) in [6.45, 7) is 0. The van der Waals surface area contributed by atoms with E-state index in [1.165, 1.54) is 18.4 Å². The van der Waals surface area contributed by atoms with Crippen LogP contribution < -0.4 is 14.8 Å². The van der Waals surface area contributed by atoms with E-state index in [4.69, 9.17) is 4.74 Å². The number of aromatic hydroxyl groups is 1. The van der Waals surface area contributed by atoms with Crippen molar-refractivity contribution < 1.29 is 9.84 Å². The molecular formula is C17H10Br2N2O3S. The van der Waals surface area contributed by atoms with Crippen molar-refractivity contribution in [3.05, 3.63) is 59.7 Å². The number of hydrogen-bond acceptors (Lipinski definition) is 5. The Labute approximate surface area is 162 Å². The SMILES string of the molecule is COc1cc(/C=c2\sc3nc4ccccc4n3c2=O)c(Br)c(Br)c1O. The maximum Gasteiger partial charge on any atom is 0.274 e. The quantitative estimate of drug-likeness (QED) is 0.474. The van der Waals surface area contributed by atoms with Gasteiger partial charge in [0.2, 0.25) is 0 Å². The van der Waals surface area contributed by atoms with E-state index in [0.717, 1.165) is 11.0 Å². The predicted molar refractivity (Wildman–Crippen MR) is 106 cm³/mol. The van der Waals surface area contributed by atoms with Crippen molar-refractivity contribution in [2.75, 3.05) is 7.11 Å². The van der Waals surface area contributed by atoms with E-state index in [1.54, 1.807) is 16.5 Å². The average Bonchev–Trinajstić information content (AvgIpc) is 3.12. The summed E-state index contributed by atoms with van der Waals surface area (Å²) in [6, 6.07) is 9.22. The van der Waals surface area contributed by atoms with E-state index in [-0.39, 0.29) is 11.3 Å². The van der Waals surface area contributed by atoms with Crippen LogP contribution >= 0.6 is 43.2 Å². The third-order valence-corrected chi connectivity index (χ3v) is 6.95. The second kappa shape index (κ2) is 6.12. The summed E-state index contributed by atoms with van der Waals surface area (Å²) in [5, 5.41) is 10.0. The molecule has 8 heteroatoms. The first-order valence-electron chi connectivity index (χ1n) is 7.18. The monoisotopic (exact) mass is 480 g/mol. The van der Waals surface area contributed by atoms with Gasteiger partial charge >= 0.3 is 0 Å². The highest BCUT2D eigenvalue weighted by atomic mass is 79.9. The minimum absolute atomic E-state index is 0.000785. The number of hydrogen-bond donors (Lipinski definition) is 1. The number of imidazole rings is 1. The summed E-state index contributed by atoms with van der Waals surface area (Å²) in [5.74, 6) is 0.321. The predicted octanol–water partition coefficient (Wildman–Crippen LogP) is 3.70. The Morgan fingerprint density at radius 1 is 1.28 bits per heavy atom. The fraction of sp³-hybridized carbons (Fsp3) is 0.0588. The number of halogens is 2. The number of para-hydroxylation sites is 2. The smallest absolute Gasteiger partial charge is 0.274 e. The second-order valence-corrected chi connectivity index (χ2v) is 7.87. The minimum Gasteiger partial charge on any atom is -0.503 e. The van der Waals surface area contributed by atoms with Crippen LogP contribution in [0.4, 0.5) is 0 Å². The summed E-state index contributed by atoms with van der Waals surface area (Å²) in [5.41, 5.74) is 2.19. The summed E-state index contributed by atoms with van der Waals surface area (Å²) >= 11 is 8.08. The van der Waals surface area contributed by atoms with Crippen LogP contribution in [0, 0.1) is 0 Å². The molecule has 0 saturated carbocycles. The lowest BCUT2D eigenvalue weighted by molar-refractivity contribution is 0.371. The van der Waals surface area contributed by atoms with Crippen LogP contribution in [0.15, 0.2) is 44.1 Å². The number of phenolic OH excluding ortho intramolecular Hbond substituents is 1. The molecular weight excluding hydrogens is 472 g/mol. The van der Waals surface area contributed by atoms with E-state index in [2.05, 4.69) is 36.8 Å². The number of ether oxygens (including phenoxy) is 1. The maximum atomic E-state index is 12.8. The van der Waals surface area contributed by atoms with E-state index in [1.807, 2.05) is 24.3 Å². The summed E-state index contributed by atoms with van der Waals surface area (Å²) in [7, 11) is 1.48. The van der Waals surface area contributed by atoms with Gasteiger partial charge in [0.15, 0.2) is 16.5 Å². The number of phenols is 1. The van der Waals surface area contributed by atoms with Gasteiger partial charge in [-0.3, -0.25) is 4.79 Å². The highest BCUT2D eigenvalue weighted by molar-refractivity contribution is 9.13. The Hall–Kier alpha value is -1.90. The zero-order valence-electron chi connectivity index (χ0n) is 12.8. The Morgan fingerprint density at radius 2 is 2.04 bits per heavy atom. The van der Waals surface area contributed by atoms with Crippen LogP contribution in [-0.2, 0) is 0 Å². The van der Waals surface area contributed by atoms with Gasteiger partial charge in [0.05, 0.1) is 27.1 Å². The molecule has 4 rings (SSSR count). The Kier molecular flexibility index (Phi) is 4.05. The summed E-state index contributed by atoms with van der Waals surface area (Å²) in [4.78, 5) is 18.0. The molecule has 2 heterocycles. The Balaban J connectivity index is 2.01. The standard InChI is InChI=1S/C17H10Br2N2O3S/c1-24-11-6-8(13(18)14(19)15(11)22)7-12-16(23)21-10-5-3-2-4-9(10)20-17(21)25-12/h2-7,22H,1H3/b12-7-. The van der Waals surface area contributed by atoms with Crippen molar-refractivity contribution in [3.8, 4) is 11.5 Å². The topological polar surface area (TPSA) is 63.8 Å². The van der Waals surface area contributed by atoms with Crippen LogP contribution in [0.3, 0.4) is 0 Å². The lowest BCUT2D eigenvalue weighted by Gasteiger charge is -2.09. The van der Waals surface area contributed by atoms with Crippen LogP contribution in [-0.4, -0.2) is 21.6 Å². The Morgan fingerprint density at radius 3 is 2.80 bits per heavy atom. The van der Waals surface area contributed by atoms with Crippen LogP contribution in [0.25, 0.3) is 22.1 Å². The first-order valence-corrected chi connectivity index (χ1v) is 9.58. The molecule has 0 spiro atoms. The van der Waals surface area contributed by atoms with Crippen molar-refractivity contribution in [2.24, 2.45) is 0 Å². The summed E-state index contributed by atoms with van der Waals surface area (Å²) < 4.78 is 8.45. The molecule has 126 valence electrons. The number of nitrogens with zero attached hydrogens (tertiary/aromatic N) is 2. The van der Waals surface area contributed by atoms with E-state index in [0.29, 0.717) is 29.8 Å². The molecule has 0 bridgehead atoms. The number of benzene rings is 2. The molecule has 0 radical (unpaired) electrons. The highest BCUT2D eigenvalue weighted by Crippen LogP contribution is 2.41. The molecule has 0 unspecified atom stereocenters. The third-order valence-electron chi connectivity index (χ3n) is 3.83. The summed E-state index contributed by atoms with van der Waals surface area (Å²) in [6.07, 6.45) is 1.76. The van der Waals surface area contributed by atoms with Gasteiger partial charge in [0.25, 0.3) is 5.56 Å². The van der Waals surface area contributed by atoms with Gasteiger partial charge in [-0.05, 0) is 61.7 Å². The maximum absolute atomic E-state index is 12.8. The first kappa shape index (κ1) is 16.6. The molecule has 0 fully saturated rings. The van der Waals surface area contributed by atoms with E-state index in [9.17, 15) is 9.90 Å². The molecule has 1 N–H and O–H groups in total. The molecule has 2 aromatic carbocycles. The van der Waals surface area contributed by atoms with Gasteiger partial charge in [-0.1, -0.05) is 23.5 Å². The zero-order chi connectivity index (χ0) is 17.7. The first-order chi connectivity index (χ1) is 12.0. The number of aromatic nitrogens is 2. The number of methoxy groups -OCH3 is 1. The molecule has 2 aromatic heterocycles. The van der Waals surface area contributed by atoms with Gasteiger partial charge in [-0.15, -0.1) is 0 Å². The fourth-order valence-corrected chi connectivity index (χ4v) is 4.44. The van der Waals surface area contributed by atoms with Gasteiger partial charge in [0, 0.05) is 4.47 Å². The van der Waals surface area contributed by atoms with Gasteiger partial charge in [0.1, 0.15) is 0 Å². The van der Waals surface area contributed by atoms with Gasteiger partial charge in [-0.25, -0.2) is 9.38 Å². The van der Waals surface area contributed by atoms with Crippen molar-refractivity contribution >= 4 is 65.3 Å². The lowest BCUT2D eigenvalue weighted by atomic mass is 10.2. The highest BCUT2D eigenvalue weighted by Gasteiger charge is 2.15. The molecule has 4 aromatic rings. The molecule has 0 aliphatic rings. The van der Waals surface area contributed by atoms with Crippen molar-refractivity contribution in [2.45, 2.75) is 0 Å². The molecule has 0 amide bonds. The lowest BCUT2D eigenvalue weighted by Crippen LogP contribution is -2.22. The van der Waals surface area contributed by atoms with Crippen LogP contribution in [0.5, 0.6) is 11.5 Å². The molecule has 0 saturated heterocycles. The number of rotatable bonds is 2. The van der Waals surface area contributed by atoms with E-state index < -0.39 is 0 Å². The molecule has 5 nitrogen and oxygen atoms in total. The minimum atomic E-state index is -0.122. The van der Waals surface area contributed by atoms with Crippen molar-refractivity contribution in [1.82, 2.24) is 9.38 Å². The molecule has 0 aliphatic carbocycles. The normalized spacial score (nSPS) is 12.4. The van der Waals surface area contributed by atoms with Gasteiger partial charge in [-0.2, -0.15) is 0 Å². The molecule has 0 aliphatic heterocycles. The fourth-order valence-electron chi connectivity index (χ4n) is 2.63.